The molecule has 0 aromatic carbocycles. The highest BCUT2D eigenvalue weighted by atomic mass is 14.6. The predicted molar refractivity (Wildman–Crippen MR) is 93.1 cm³/mol. The fraction of sp³-hybridized carbons (Fsp3) is 0.895. The molecule has 1 nitrogen and oxygen atoms in total. The average Bonchev–Trinajstić information content (AvgIpc) is 2.47. The van der Waals surface area contributed by atoms with Gasteiger partial charge < -0.3 is 5.73 Å². The lowest BCUT2D eigenvalue weighted by atomic mass is 10.0. The largest absolute Gasteiger partial charge is 0.324 e. The Kier molecular flexibility index (Phi) is 16.5. The molecule has 0 aromatic rings. The lowest BCUT2D eigenvalue weighted by molar-refractivity contribution is 0.545. The van der Waals surface area contributed by atoms with Crippen molar-refractivity contribution in [3.8, 4) is 0 Å². The van der Waals surface area contributed by atoms with Crippen LogP contribution < -0.4 is 5.73 Å². The van der Waals surface area contributed by atoms with Crippen molar-refractivity contribution in [2.45, 2.75) is 110 Å². The predicted octanol–water partition coefficient (Wildman–Crippen LogP) is 6.37. The summed E-state index contributed by atoms with van der Waals surface area (Å²) in [5.74, 6) is 0. The Hall–Kier alpha value is -0.300. The Balaban J connectivity index is 3.04. The summed E-state index contributed by atoms with van der Waals surface area (Å²) >= 11 is 0. The van der Waals surface area contributed by atoms with Crippen molar-refractivity contribution in [1.82, 2.24) is 0 Å². The van der Waals surface area contributed by atoms with Crippen molar-refractivity contribution in [3.05, 3.63) is 12.2 Å². The van der Waals surface area contributed by atoms with Gasteiger partial charge in [-0.3, -0.25) is 0 Å². The molecule has 1 unspecified atom stereocenters. The first-order valence-corrected chi connectivity index (χ1v) is 9.23. The first-order chi connectivity index (χ1) is 9.81. The number of unbranched alkanes of at least 4 members (excludes halogenated alkanes) is 12. The smallest absolute Gasteiger partial charge is 0.0221 e. The molecule has 0 saturated carbocycles. The highest BCUT2D eigenvalue weighted by Gasteiger charge is 1.93. The Morgan fingerprint density at radius 2 is 1.15 bits per heavy atom. The maximum atomic E-state index is 5.83. The van der Waals surface area contributed by atoms with Crippen molar-refractivity contribution < 1.29 is 0 Å². The van der Waals surface area contributed by atoms with E-state index in [4.69, 9.17) is 5.73 Å². The number of hydrogen-bond acceptors (Lipinski definition) is 1. The van der Waals surface area contributed by atoms with E-state index in [1.807, 2.05) is 0 Å². The van der Waals surface area contributed by atoms with Gasteiger partial charge in [-0.2, -0.15) is 0 Å². The molecule has 0 amide bonds. The van der Waals surface area contributed by atoms with Crippen LogP contribution in [0, 0.1) is 0 Å². The Morgan fingerprint density at radius 3 is 1.60 bits per heavy atom. The molecule has 0 fully saturated rings. The summed E-state index contributed by atoms with van der Waals surface area (Å²) in [7, 11) is 0. The van der Waals surface area contributed by atoms with E-state index in [9.17, 15) is 0 Å². The summed E-state index contributed by atoms with van der Waals surface area (Å²) in [6.45, 7) is 4.42. The molecular weight excluding hydrogens is 242 g/mol. The third-order valence-corrected chi connectivity index (χ3v) is 4.08. The Labute approximate surface area is 128 Å². The maximum absolute atomic E-state index is 5.83. The molecule has 2 N–H and O–H groups in total. The average molecular weight is 282 g/mol. The van der Waals surface area contributed by atoms with Crippen molar-refractivity contribution in [2.24, 2.45) is 5.73 Å². The zero-order valence-electron chi connectivity index (χ0n) is 14.2. The number of rotatable bonds is 15. The molecule has 0 radical (unpaired) electrons. The second-order valence-corrected chi connectivity index (χ2v) is 6.18. The van der Waals surface area contributed by atoms with Gasteiger partial charge in [-0.05, 0) is 19.3 Å². The van der Waals surface area contributed by atoms with Crippen LogP contribution in [-0.4, -0.2) is 6.04 Å². The first-order valence-electron chi connectivity index (χ1n) is 9.23. The molecule has 0 rings (SSSR count). The molecule has 0 spiro atoms. The lowest BCUT2D eigenvalue weighted by Crippen LogP contribution is -2.14. The van der Waals surface area contributed by atoms with Gasteiger partial charge in [0.05, 0.1) is 0 Å². The Morgan fingerprint density at radius 1 is 0.700 bits per heavy atom. The van der Waals surface area contributed by atoms with Crippen LogP contribution in [0.4, 0.5) is 0 Å². The minimum absolute atomic E-state index is 0.271. The molecule has 1 atom stereocenters. The van der Waals surface area contributed by atoms with Crippen LogP contribution >= 0.6 is 0 Å². The topological polar surface area (TPSA) is 26.0 Å². The quantitative estimate of drug-likeness (QED) is 0.274. The monoisotopic (exact) mass is 281 g/mol. The molecular formula is C19H39N. The van der Waals surface area contributed by atoms with Crippen molar-refractivity contribution in [1.29, 1.82) is 0 Å². The number of allylic oxidation sites excluding steroid dienone is 1. The van der Waals surface area contributed by atoms with Gasteiger partial charge in [0, 0.05) is 6.04 Å². The van der Waals surface area contributed by atoms with E-state index in [1.54, 1.807) is 0 Å². The van der Waals surface area contributed by atoms with Gasteiger partial charge in [-0.15, -0.1) is 0 Å². The van der Waals surface area contributed by atoms with Crippen LogP contribution in [0.15, 0.2) is 12.2 Å². The molecule has 0 aliphatic rings. The van der Waals surface area contributed by atoms with Gasteiger partial charge in [0.2, 0.25) is 0 Å². The van der Waals surface area contributed by atoms with E-state index < -0.39 is 0 Å². The van der Waals surface area contributed by atoms with Crippen LogP contribution in [0.1, 0.15) is 104 Å². The van der Waals surface area contributed by atoms with Gasteiger partial charge in [-0.1, -0.05) is 96.6 Å². The summed E-state index contributed by atoms with van der Waals surface area (Å²) < 4.78 is 0. The summed E-state index contributed by atoms with van der Waals surface area (Å²) in [6, 6.07) is 0.271. The standard InChI is InChI=1S/C19H39N/c1-3-5-6-7-8-9-10-11-12-13-14-15-16-17-18-19(20)4-2/h17-19H,3-16,20H2,1-2H3. The number of hydrogen-bond donors (Lipinski definition) is 1. The van der Waals surface area contributed by atoms with E-state index >= 15 is 0 Å². The third-order valence-electron chi connectivity index (χ3n) is 4.08. The van der Waals surface area contributed by atoms with E-state index in [0.29, 0.717) is 0 Å². The number of nitrogens with two attached hydrogens (primary N) is 1. The molecule has 0 aromatic heterocycles. The van der Waals surface area contributed by atoms with Crippen molar-refractivity contribution in [2.75, 3.05) is 0 Å². The second-order valence-electron chi connectivity index (χ2n) is 6.18. The van der Waals surface area contributed by atoms with Gasteiger partial charge in [-0.25, -0.2) is 0 Å². The molecule has 120 valence electrons. The summed E-state index contributed by atoms with van der Waals surface area (Å²) in [4.78, 5) is 0. The maximum Gasteiger partial charge on any atom is 0.0221 e. The van der Waals surface area contributed by atoms with Crippen LogP contribution in [0.2, 0.25) is 0 Å². The highest BCUT2D eigenvalue weighted by molar-refractivity contribution is 4.90. The SMILES string of the molecule is CCCCCCCCCCCCCCC=CC(N)CC. The zero-order chi connectivity index (χ0) is 14.9. The highest BCUT2D eigenvalue weighted by Crippen LogP contribution is 2.12. The van der Waals surface area contributed by atoms with E-state index in [2.05, 4.69) is 26.0 Å². The molecule has 0 aliphatic carbocycles. The lowest BCUT2D eigenvalue weighted by Gasteiger charge is -2.02. The minimum Gasteiger partial charge on any atom is -0.324 e. The minimum atomic E-state index is 0.271. The molecule has 0 aliphatic heterocycles. The van der Waals surface area contributed by atoms with Crippen LogP contribution in [0.25, 0.3) is 0 Å². The van der Waals surface area contributed by atoms with Crippen LogP contribution in [0.3, 0.4) is 0 Å². The van der Waals surface area contributed by atoms with Crippen LogP contribution in [0.5, 0.6) is 0 Å². The summed E-state index contributed by atoms with van der Waals surface area (Å²) in [5, 5.41) is 0. The van der Waals surface area contributed by atoms with E-state index in [-0.39, 0.29) is 6.04 Å². The van der Waals surface area contributed by atoms with Gasteiger partial charge in [0.1, 0.15) is 0 Å². The summed E-state index contributed by atoms with van der Waals surface area (Å²) in [6.07, 6.45) is 23.8. The fourth-order valence-corrected chi connectivity index (χ4v) is 2.51. The Bertz CT molecular complexity index is 198. The molecule has 0 heterocycles. The molecule has 0 saturated heterocycles. The van der Waals surface area contributed by atoms with E-state index in [1.165, 1.54) is 83.5 Å². The molecule has 20 heavy (non-hydrogen) atoms. The van der Waals surface area contributed by atoms with Crippen molar-refractivity contribution in [3.63, 3.8) is 0 Å². The van der Waals surface area contributed by atoms with Gasteiger partial charge in [0.15, 0.2) is 0 Å². The second kappa shape index (κ2) is 16.8. The van der Waals surface area contributed by atoms with E-state index in [0.717, 1.165) is 6.42 Å². The summed E-state index contributed by atoms with van der Waals surface area (Å²) in [5.41, 5.74) is 5.83. The molecule has 1 heteroatoms. The molecule has 0 bridgehead atoms. The van der Waals surface area contributed by atoms with Crippen LogP contribution in [-0.2, 0) is 0 Å². The third kappa shape index (κ3) is 15.8. The first kappa shape index (κ1) is 19.7. The normalized spacial score (nSPS) is 13.2. The zero-order valence-corrected chi connectivity index (χ0v) is 14.2. The fourth-order valence-electron chi connectivity index (χ4n) is 2.51. The van der Waals surface area contributed by atoms with Gasteiger partial charge in [0.25, 0.3) is 0 Å². The van der Waals surface area contributed by atoms with Crippen molar-refractivity contribution >= 4 is 0 Å². The van der Waals surface area contributed by atoms with Gasteiger partial charge >= 0.3 is 0 Å².